The van der Waals surface area contributed by atoms with E-state index >= 15 is 9.59 Å². The highest BCUT2D eigenvalue weighted by molar-refractivity contribution is 9.10. The van der Waals surface area contributed by atoms with E-state index in [4.69, 9.17) is 16.2 Å². The first-order valence-electron chi connectivity index (χ1n) is 37.2. The molecule has 43 heteroatoms. The second kappa shape index (κ2) is 44.2. The topological polar surface area (TPSA) is 676 Å². The van der Waals surface area contributed by atoms with Gasteiger partial charge in [0.15, 0.2) is 6.10 Å². The van der Waals surface area contributed by atoms with Crippen molar-refractivity contribution in [1.82, 2.24) is 68.4 Å². The summed E-state index contributed by atoms with van der Waals surface area (Å²) in [6.07, 6.45) is -15.7. The van der Waals surface area contributed by atoms with Crippen LogP contribution >= 0.6 is 15.9 Å². The number of amides is 14. The molecule has 0 radical (unpaired) electrons. The van der Waals surface area contributed by atoms with Crippen LogP contribution in [-0.4, -0.2) is 275 Å². The Hall–Kier alpha value is -11.5. The van der Waals surface area contributed by atoms with Crippen LogP contribution in [0.15, 0.2) is 120 Å². The van der Waals surface area contributed by atoms with Gasteiger partial charge >= 0.3 is 0 Å². The zero-order chi connectivity index (χ0) is 86.9. The predicted octanol–water partition coefficient (Wildman–Crippen LogP) is -11.0. The summed E-state index contributed by atoms with van der Waals surface area (Å²) >= 11 is 3.29. The van der Waals surface area contributed by atoms with Crippen LogP contribution in [0.5, 0.6) is 0 Å². The number of aliphatic carboxylic acids is 1. The summed E-state index contributed by atoms with van der Waals surface area (Å²) in [5.74, 6) is -22.8. The molecule has 0 aliphatic carbocycles. The lowest BCUT2D eigenvalue weighted by atomic mass is 9.92. The molecule has 42 nitrogen and oxygen atoms in total. The maximum absolute atomic E-state index is 15.3. The summed E-state index contributed by atoms with van der Waals surface area (Å²) < 4.78 is 8.27. The van der Waals surface area contributed by atoms with Crippen LogP contribution in [0.1, 0.15) is 87.4 Å². The van der Waals surface area contributed by atoms with Crippen LogP contribution in [0.4, 0.5) is 0 Å². The van der Waals surface area contributed by atoms with Crippen LogP contribution in [0.25, 0.3) is 6.08 Å². The van der Waals surface area contributed by atoms with Crippen molar-refractivity contribution < 1.29 is 132 Å². The first kappa shape index (κ1) is 93.6. The molecule has 0 saturated carbocycles. The lowest BCUT2D eigenvalue weighted by Gasteiger charge is -2.33. The summed E-state index contributed by atoms with van der Waals surface area (Å²) in [4.78, 5) is 214. The molecule has 25 N–H and O–H groups in total. The molecule has 4 aromatic rings. The van der Waals surface area contributed by atoms with Crippen LogP contribution in [0.2, 0.25) is 0 Å². The predicted molar refractivity (Wildman–Crippen MR) is 408 cm³/mol. The van der Waals surface area contributed by atoms with Gasteiger partial charge in [-0.15, -0.1) is 0 Å². The minimum absolute atomic E-state index is 0.288. The molecule has 7 rings (SSSR count). The van der Waals surface area contributed by atoms with Gasteiger partial charge in [0.1, 0.15) is 97.2 Å². The Bertz CT molecular complexity index is 4330. The molecule has 0 spiro atoms. The van der Waals surface area contributed by atoms with E-state index < -0.39 is 281 Å². The second-order valence-electron chi connectivity index (χ2n) is 28.4. The number of imidazole rings is 1. The number of hydrogen-bond acceptors (Lipinski definition) is 26. The monoisotopic (exact) mass is 1720 g/mol. The number of aliphatic hydroxyl groups is 9. The molecule has 640 valence electrons. The fourth-order valence-corrected chi connectivity index (χ4v) is 12.9. The lowest BCUT2D eigenvalue weighted by molar-refractivity contribution is -0.697. The number of nitrogens with zero attached hydrogens (tertiary/aromatic N) is 2. The Balaban J connectivity index is 1.43. The smallest absolute Gasteiger partial charge is 0.251 e. The standard InChI is InChI=1S/C75H97BrN16O26/c1-35(17-18-38-11-6-4-7-12-38)23-51(96)44-27-56(101)81-49(31-93)68(110)86-48-30-91-29-42(92(34-91)74-62(104)60(102)53(98)33-118-74)25-46(65(107)89-58(37(3)95)72(114)87-50(32-94)69(111)84-45(64(106)83-44)24-39-13-8-5-9-14-39)80-55(100)16-10-15-43(75(116)117)82-70(112)52(97)28-79-71(113)57(36(2)40-19-21-41(76)22-20-40)88-73(115)59(61(103)63(78)105)90-66(108)47(26-54(77)99)85-67(48)109/h4-9,11-14,17-23,29,34,36-37,43-53,57-62,74,93-98,102-104H,10,15-16,24-28,30-33H2,1-3H3,(H16-,77,78,79,80,81,82,83,84,85,86,87,88,89,90,99,100,101,105,106,107,108,109,110,111,112,113,114,115,116,117)/b18-17+,35-23+/t36-,37-,43-,44?,45-,46-,47-,48+,49-,50-,51-,52+,53?,57-,58-,59-,60?,61+,62?,74?/m0/s1. The number of carboxylic acids is 1. The minimum atomic E-state index is -2.75. The number of rotatable bonds is 17. The van der Waals surface area contributed by atoms with Crippen LogP contribution in [0.3, 0.4) is 0 Å². The normalized spacial score (nSPS) is 28.0. The number of β-amino-alcohol motifs (C(OH)–C–C–N with tert-alkyl or cyclic N) is 1. The van der Waals surface area contributed by atoms with Gasteiger partial charge in [-0.3, -0.25) is 67.1 Å². The number of halogens is 1. The first-order valence-corrected chi connectivity index (χ1v) is 37.9. The van der Waals surface area contributed by atoms with E-state index in [0.717, 1.165) is 28.6 Å². The van der Waals surface area contributed by atoms with Gasteiger partial charge in [0.05, 0.1) is 63.0 Å². The van der Waals surface area contributed by atoms with Crippen molar-refractivity contribution in [2.75, 3.05) is 26.4 Å². The number of nitrogens with one attached hydrogen (secondary N) is 12. The summed E-state index contributed by atoms with van der Waals surface area (Å²) in [5.41, 5.74) is 12.5. The van der Waals surface area contributed by atoms with Crippen LogP contribution < -0.4 is 84.9 Å². The third kappa shape index (κ3) is 27.0. The number of carbonyl (C=O) groups is 15. The average molecular weight is 1720 g/mol. The number of aromatic nitrogens is 2. The van der Waals surface area contributed by atoms with Gasteiger partial charge in [-0.2, -0.15) is 0 Å². The molecule has 5 unspecified atom stereocenters. The van der Waals surface area contributed by atoms with Gasteiger partial charge in [0.25, 0.3) is 5.91 Å². The van der Waals surface area contributed by atoms with Gasteiger partial charge in [-0.05, 0) is 55.5 Å². The molecule has 4 bridgehead atoms. The largest absolute Gasteiger partial charge is 0.548 e. The van der Waals surface area contributed by atoms with Crippen molar-refractivity contribution in [3.63, 3.8) is 0 Å². The van der Waals surface area contributed by atoms with Crippen molar-refractivity contribution in [2.24, 2.45) is 11.5 Å². The molecule has 14 amide bonds. The molecule has 118 heavy (non-hydrogen) atoms. The zero-order valence-corrected chi connectivity index (χ0v) is 65.5. The average Bonchev–Trinajstić information content (AvgIpc) is 1.60. The highest BCUT2D eigenvalue weighted by Gasteiger charge is 2.46. The molecule has 1 aromatic heterocycles. The number of benzene rings is 3. The highest BCUT2D eigenvalue weighted by Crippen LogP contribution is 2.27. The number of allylic oxidation sites excluding steroid dienone is 2. The molecular weight excluding hydrogens is 1620 g/mol. The molecule has 3 aliphatic rings. The fourth-order valence-electron chi connectivity index (χ4n) is 12.7. The Morgan fingerprint density at radius 2 is 1.20 bits per heavy atom. The van der Waals surface area contributed by atoms with Crippen molar-refractivity contribution >= 4 is 111 Å². The van der Waals surface area contributed by atoms with E-state index in [9.17, 15) is 113 Å². The zero-order valence-electron chi connectivity index (χ0n) is 63.9. The Morgan fingerprint density at radius 1 is 0.627 bits per heavy atom. The van der Waals surface area contributed by atoms with Gasteiger partial charge in [0.2, 0.25) is 89.3 Å². The van der Waals surface area contributed by atoms with E-state index in [1.165, 1.54) is 37.3 Å². The molecule has 4 heterocycles. The van der Waals surface area contributed by atoms with Gasteiger partial charge in [-0.1, -0.05) is 119 Å². The summed E-state index contributed by atoms with van der Waals surface area (Å²) in [7, 11) is 0. The Labute approximate surface area is 681 Å². The maximum Gasteiger partial charge on any atom is 0.251 e. The van der Waals surface area contributed by atoms with Crippen LogP contribution in [-0.2, 0) is 96.0 Å². The molecule has 20 atom stereocenters. The van der Waals surface area contributed by atoms with Crippen molar-refractivity contribution in [1.29, 1.82) is 0 Å². The number of nitrogens with two attached hydrogens (primary N) is 2. The fraction of sp³-hybridized carbons (Fsp3) is 0.467. The number of carboxylic acid groups (broad SMARTS) is 1. The van der Waals surface area contributed by atoms with E-state index in [-0.39, 0.29) is 17.7 Å². The lowest BCUT2D eigenvalue weighted by Crippen LogP contribution is -2.64. The van der Waals surface area contributed by atoms with E-state index in [0.29, 0.717) is 21.2 Å². The van der Waals surface area contributed by atoms with Gasteiger partial charge < -0.3 is 136 Å². The highest BCUT2D eigenvalue weighted by atomic mass is 79.9. The SMILES string of the molecule is CC(/C=C/c1ccccc1)=C\[C@H](O)C1CC(=O)N[C@@H](CO)C(=O)N[C@@H]2C[n+]3cc(n(C4OCC(O)C(O)C4O)c3)C[C@H](NC(=O)CCC[C@@H](C(=O)[O-])NC(=O)[C@H](O)CNC(=O)[C@H]([C@@H](C)c3ccc(Br)cc3)NC(=O)[C@H]([C@@H](O)C(N)=O)NC(=O)[C@H](CC(N)=O)NC2=O)C(=O)N[C@@H]([C@H](C)O)C(=O)N[C@@H](CO)C(=O)N[C@@H](Cc2ccccc2)C(=O)N1. The Kier molecular flexibility index (Phi) is 35.0. The number of fused-ring (bicyclic) bond motifs is 2. The summed E-state index contributed by atoms with van der Waals surface area (Å²) in [6.45, 7) is -1.48. The number of hydrogen-bond donors (Lipinski definition) is 23. The molecule has 1 fully saturated rings. The number of aliphatic hydroxyl groups excluding tert-OH is 9. The maximum atomic E-state index is 15.3. The van der Waals surface area contributed by atoms with Crippen molar-refractivity contribution in [2.45, 2.75) is 194 Å². The number of primary amides is 2. The summed E-state index contributed by atoms with van der Waals surface area (Å²) in [5, 5.41) is 141. The van der Waals surface area contributed by atoms with Crippen molar-refractivity contribution in [3.05, 3.63) is 142 Å². The molecule has 1 saturated heterocycles. The molecule has 3 aromatic carbocycles. The summed E-state index contributed by atoms with van der Waals surface area (Å²) in [6, 6.07) is -0.456. The third-order valence-corrected chi connectivity index (χ3v) is 19.8. The number of ether oxygens (including phenoxy) is 1. The third-order valence-electron chi connectivity index (χ3n) is 19.3. The van der Waals surface area contributed by atoms with E-state index in [1.54, 1.807) is 79.7 Å². The molecule has 3 aliphatic heterocycles. The van der Waals surface area contributed by atoms with Gasteiger partial charge in [0, 0.05) is 36.1 Å². The Morgan fingerprint density at radius 3 is 1.83 bits per heavy atom. The van der Waals surface area contributed by atoms with Crippen molar-refractivity contribution in [3.8, 4) is 0 Å². The van der Waals surface area contributed by atoms with Gasteiger partial charge in [-0.25, -0.2) is 9.13 Å². The van der Waals surface area contributed by atoms with E-state index in [2.05, 4.69) is 69.1 Å². The molecular formula is C75H97BrN16O26. The number of carbonyl (C=O) groups excluding carboxylic acids is 15. The first-order chi connectivity index (χ1) is 55.9. The van der Waals surface area contributed by atoms with Crippen LogP contribution in [0, 0.1) is 0 Å². The second-order valence-corrected chi connectivity index (χ2v) is 29.3. The quantitative estimate of drug-likeness (QED) is 0.0345. The minimum Gasteiger partial charge on any atom is -0.548 e. The van der Waals surface area contributed by atoms with E-state index in [1.807, 2.05) is 10.6 Å².